The first kappa shape index (κ1) is 16.8. The summed E-state index contributed by atoms with van der Waals surface area (Å²) >= 11 is 0. The fourth-order valence-electron chi connectivity index (χ4n) is 2.00. The van der Waals surface area contributed by atoms with Crippen LogP contribution in [-0.2, 0) is 4.79 Å². The maximum Gasteiger partial charge on any atom is 0.311 e. The third-order valence-electron chi connectivity index (χ3n) is 3.68. The van der Waals surface area contributed by atoms with Gasteiger partial charge in [0, 0.05) is 12.6 Å². The molecule has 0 spiro atoms. The molecule has 116 valence electrons. The van der Waals surface area contributed by atoms with Gasteiger partial charge in [-0.3, -0.25) is 14.9 Å². The molecule has 0 saturated carbocycles. The van der Waals surface area contributed by atoms with Gasteiger partial charge in [0.1, 0.15) is 0 Å². The molecule has 6 nitrogen and oxygen atoms in total. The van der Waals surface area contributed by atoms with E-state index in [1.807, 2.05) is 0 Å². The maximum atomic E-state index is 13.7. The standard InChI is InChI=1S/C13H16F2N2O4/c1-3-13(4-2,12(18)19)7-16-11-9(17(20)21)6-5-8(14)10(11)15/h5-6,16H,3-4,7H2,1-2H3,(H,18,19). The van der Waals surface area contributed by atoms with Crippen molar-refractivity contribution in [3.8, 4) is 0 Å². The maximum absolute atomic E-state index is 13.7. The second-order valence-corrected chi connectivity index (χ2v) is 4.66. The molecule has 1 aromatic rings. The summed E-state index contributed by atoms with van der Waals surface area (Å²) in [7, 11) is 0. The first-order valence-electron chi connectivity index (χ1n) is 6.38. The third-order valence-corrected chi connectivity index (χ3v) is 3.68. The van der Waals surface area contributed by atoms with E-state index in [1.165, 1.54) is 0 Å². The van der Waals surface area contributed by atoms with Gasteiger partial charge in [0.15, 0.2) is 17.3 Å². The molecular formula is C13H16F2N2O4. The molecule has 2 N–H and O–H groups in total. The van der Waals surface area contributed by atoms with Crippen molar-refractivity contribution in [3.05, 3.63) is 33.9 Å². The van der Waals surface area contributed by atoms with Crippen LogP contribution in [0.25, 0.3) is 0 Å². The quantitative estimate of drug-likeness (QED) is 0.596. The molecule has 8 heteroatoms. The van der Waals surface area contributed by atoms with Crippen LogP contribution in [0.4, 0.5) is 20.2 Å². The number of hydrogen-bond donors (Lipinski definition) is 2. The van der Waals surface area contributed by atoms with Crippen LogP contribution in [0.1, 0.15) is 26.7 Å². The monoisotopic (exact) mass is 302 g/mol. The fraction of sp³-hybridized carbons (Fsp3) is 0.462. The lowest BCUT2D eigenvalue weighted by atomic mass is 9.82. The van der Waals surface area contributed by atoms with Crippen LogP contribution in [-0.4, -0.2) is 22.5 Å². The number of nitro benzene ring substituents is 1. The molecule has 0 aliphatic heterocycles. The molecule has 0 atom stereocenters. The van der Waals surface area contributed by atoms with Crippen LogP contribution in [0, 0.1) is 27.2 Å². The molecule has 0 bridgehead atoms. The van der Waals surface area contributed by atoms with Gasteiger partial charge in [-0.25, -0.2) is 8.78 Å². The number of nitro groups is 1. The summed E-state index contributed by atoms with van der Waals surface area (Å²) in [6.45, 7) is 3.06. The first-order chi connectivity index (χ1) is 9.79. The average molecular weight is 302 g/mol. The van der Waals surface area contributed by atoms with Crippen molar-refractivity contribution in [2.75, 3.05) is 11.9 Å². The number of benzene rings is 1. The summed E-state index contributed by atoms with van der Waals surface area (Å²) in [5.74, 6) is -3.73. The molecule has 0 aromatic heterocycles. The number of carboxylic acid groups (broad SMARTS) is 1. The third kappa shape index (κ3) is 3.26. The van der Waals surface area contributed by atoms with Crippen molar-refractivity contribution >= 4 is 17.3 Å². The minimum Gasteiger partial charge on any atom is -0.481 e. The number of nitrogens with zero attached hydrogens (tertiary/aromatic N) is 1. The van der Waals surface area contributed by atoms with Crippen LogP contribution in [0.15, 0.2) is 12.1 Å². The van der Waals surface area contributed by atoms with E-state index in [1.54, 1.807) is 13.8 Å². The van der Waals surface area contributed by atoms with Crippen molar-refractivity contribution in [1.29, 1.82) is 0 Å². The highest BCUT2D eigenvalue weighted by Gasteiger charge is 2.35. The summed E-state index contributed by atoms with van der Waals surface area (Å²) in [6, 6.07) is 1.49. The van der Waals surface area contributed by atoms with Crippen molar-refractivity contribution < 1.29 is 23.6 Å². The van der Waals surface area contributed by atoms with Crippen LogP contribution < -0.4 is 5.32 Å². The van der Waals surface area contributed by atoms with E-state index in [4.69, 9.17) is 0 Å². The topological polar surface area (TPSA) is 92.5 Å². The van der Waals surface area contributed by atoms with Crippen molar-refractivity contribution in [3.63, 3.8) is 0 Å². The Morgan fingerprint density at radius 2 is 1.95 bits per heavy atom. The SMILES string of the molecule is CCC(CC)(CNc1c([N+](=O)[O-])ccc(F)c1F)C(=O)O. The number of anilines is 1. The normalized spacial score (nSPS) is 11.2. The fourth-order valence-corrected chi connectivity index (χ4v) is 2.00. The van der Waals surface area contributed by atoms with E-state index in [0.29, 0.717) is 6.07 Å². The van der Waals surface area contributed by atoms with Crippen molar-refractivity contribution in [1.82, 2.24) is 0 Å². The molecule has 0 unspecified atom stereocenters. The summed E-state index contributed by atoms with van der Waals surface area (Å²) in [5.41, 5.74) is -2.47. The predicted octanol–water partition coefficient (Wildman–Crippen LogP) is 3.18. The lowest BCUT2D eigenvalue weighted by molar-refractivity contribution is -0.384. The minimum atomic E-state index is -1.39. The van der Waals surface area contributed by atoms with Crippen LogP contribution >= 0.6 is 0 Å². The van der Waals surface area contributed by atoms with E-state index >= 15 is 0 Å². The Morgan fingerprint density at radius 1 is 1.38 bits per heavy atom. The molecule has 0 heterocycles. The van der Waals surface area contributed by atoms with Gasteiger partial charge in [0.25, 0.3) is 5.69 Å². The van der Waals surface area contributed by atoms with Crippen molar-refractivity contribution in [2.24, 2.45) is 5.41 Å². The predicted molar refractivity (Wildman–Crippen MR) is 72.2 cm³/mol. The van der Waals surface area contributed by atoms with Gasteiger partial charge in [0.05, 0.1) is 10.3 Å². The number of rotatable bonds is 7. The van der Waals surface area contributed by atoms with Crippen LogP contribution in [0.2, 0.25) is 0 Å². The zero-order valence-corrected chi connectivity index (χ0v) is 11.7. The van der Waals surface area contributed by atoms with Gasteiger partial charge in [-0.15, -0.1) is 0 Å². The van der Waals surface area contributed by atoms with E-state index in [9.17, 15) is 28.8 Å². The second-order valence-electron chi connectivity index (χ2n) is 4.66. The number of halogens is 2. The number of aliphatic carboxylic acids is 1. The highest BCUT2D eigenvalue weighted by atomic mass is 19.2. The summed E-state index contributed by atoms with van der Waals surface area (Å²) in [6.07, 6.45) is 0.493. The smallest absolute Gasteiger partial charge is 0.311 e. The molecule has 1 rings (SSSR count). The zero-order valence-electron chi connectivity index (χ0n) is 11.7. The summed E-state index contributed by atoms with van der Waals surface area (Å²) < 4.78 is 26.9. The molecular weight excluding hydrogens is 286 g/mol. The number of carboxylic acids is 1. The Balaban J connectivity index is 3.16. The Bertz CT molecular complexity index is 559. The van der Waals surface area contributed by atoms with E-state index in [0.717, 1.165) is 6.07 Å². The highest BCUT2D eigenvalue weighted by molar-refractivity contribution is 5.76. The van der Waals surface area contributed by atoms with E-state index in [2.05, 4.69) is 5.32 Å². The van der Waals surface area contributed by atoms with Crippen molar-refractivity contribution in [2.45, 2.75) is 26.7 Å². The van der Waals surface area contributed by atoms with Gasteiger partial charge < -0.3 is 10.4 Å². The molecule has 0 radical (unpaired) electrons. The second kappa shape index (κ2) is 6.47. The zero-order chi connectivity index (χ0) is 16.2. The Hall–Kier alpha value is -2.25. The average Bonchev–Trinajstić information content (AvgIpc) is 2.44. The van der Waals surface area contributed by atoms with Gasteiger partial charge in [0.2, 0.25) is 0 Å². The summed E-state index contributed by atoms with van der Waals surface area (Å²) in [4.78, 5) is 21.3. The van der Waals surface area contributed by atoms with E-state index < -0.39 is 39.3 Å². The van der Waals surface area contributed by atoms with Gasteiger partial charge in [-0.1, -0.05) is 13.8 Å². The number of carbonyl (C=O) groups is 1. The van der Waals surface area contributed by atoms with Crippen LogP contribution in [0.3, 0.4) is 0 Å². The van der Waals surface area contributed by atoms with Crippen LogP contribution in [0.5, 0.6) is 0 Å². The number of nitrogens with one attached hydrogen (secondary N) is 1. The Morgan fingerprint density at radius 3 is 2.38 bits per heavy atom. The molecule has 0 saturated heterocycles. The lowest BCUT2D eigenvalue weighted by Gasteiger charge is -2.27. The first-order valence-corrected chi connectivity index (χ1v) is 6.38. The number of hydrogen-bond acceptors (Lipinski definition) is 4. The van der Waals surface area contributed by atoms with E-state index in [-0.39, 0.29) is 19.4 Å². The Kier molecular flexibility index (Phi) is 5.17. The molecule has 0 aliphatic carbocycles. The Labute approximate surface area is 119 Å². The van der Waals surface area contributed by atoms with Gasteiger partial charge in [-0.05, 0) is 18.9 Å². The molecule has 0 amide bonds. The van der Waals surface area contributed by atoms with Gasteiger partial charge >= 0.3 is 5.97 Å². The largest absolute Gasteiger partial charge is 0.481 e. The van der Waals surface area contributed by atoms with Gasteiger partial charge in [-0.2, -0.15) is 0 Å². The minimum absolute atomic E-state index is 0.240. The highest BCUT2D eigenvalue weighted by Crippen LogP contribution is 2.32. The molecule has 1 aromatic carbocycles. The molecule has 0 aliphatic rings. The molecule has 0 fully saturated rings. The molecule has 21 heavy (non-hydrogen) atoms. The summed E-state index contributed by atoms with van der Waals surface area (Å²) in [5, 5.41) is 22.5. The lowest BCUT2D eigenvalue weighted by Crippen LogP contribution is -2.37.